The second-order valence-electron chi connectivity index (χ2n) is 3.87. The van der Waals surface area contributed by atoms with Gasteiger partial charge in [-0.3, -0.25) is 5.43 Å². The Morgan fingerprint density at radius 3 is 2.88 bits per heavy atom. The van der Waals surface area contributed by atoms with E-state index in [1.807, 2.05) is 24.5 Å². The van der Waals surface area contributed by atoms with Crippen LogP contribution in [0.4, 0.5) is 4.79 Å². The van der Waals surface area contributed by atoms with E-state index in [1.165, 1.54) is 15.8 Å². The van der Waals surface area contributed by atoms with Crippen LogP contribution in [0, 0.1) is 13.8 Å². The fraction of sp³-hybridized carbons (Fsp3) is 0.167. The van der Waals surface area contributed by atoms with Gasteiger partial charge in [-0.2, -0.15) is 9.78 Å². The molecule has 3 N–H and O–H groups in total. The standard InChI is InChI=1S/C12H14N4O/c1-8-4-3-5-11(9(8)2)10-6-14-16(7-10)12(17)15-13/h3-7H,13H2,1-2H3,(H,15,17). The molecular formula is C12H14N4O. The highest BCUT2D eigenvalue weighted by Crippen LogP contribution is 2.24. The first-order valence-corrected chi connectivity index (χ1v) is 5.25. The summed E-state index contributed by atoms with van der Waals surface area (Å²) in [6.07, 6.45) is 3.31. The Balaban J connectivity index is 2.44. The van der Waals surface area contributed by atoms with Crippen LogP contribution in [0.15, 0.2) is 30.6 Å². The molecular weight excluding hydrogens is 216 g/mol. The van der Waals surface area contributed by atoms with Crippen LogP contribution in [0.1, 0.15) is 11.1 Å². The van der Waals surface area contributed by atoms with Gasteiger partial charge in [0.15, 0.2) is 0 Å². The average molecular weight is 230 g/mol. The predicted octanol–water partition coefficient (Wildman–Crippen LogP) is 1.60. The average Bonchev–Trinajstić information content (AvgIpc) is 2.81. The summed E-state index contributed by atoms with van der Waals surface area (Å²) in [5, 5.41) is 3.96. The normalized spacial score (nSPS) is 10.3. The van der Waals surface area contributed by atoms with Crippen molar-refractivity contribution >= 4 is 6.03 Å². The lowest BCUT2D eigenvalue weighted by Crippen LogP contribution is -2.34. The second kappa shape index (κ2) is 4.39. The molecule has 2 rings (SSSR count). The summed E-state index contributed by atoms with van der Waals surface area (Å²) in [4.78, 5) is 11.3. The van der Waals surface area contributed by atoms with Gasteiger partial charge in [0.1, 0.15) is 0 Å². The summed E-state index contributed by atoms with van der Waals surface area (Å²) in [7, 11) is 0. The SMILES string of the molecule is Cc1cccc(-c2cnn(C(=O)NN)c2)c1C. The fourth-order valence-corrected chi connectivity index (χ4v) is 1.70. The maximum Gasteiger partial charge on any atom is 0.356 e. The highest BCUT2D eigenvalue weighted by molar-refractivity contribution is 5.77. The van der Waals surface area contributed by atoms with Crippen LogP contribution in [-0.2, 0) is 0 Å². The Morgan fingerprint density at radius 2 is 2.18 bits per heavy atom. The van der Waals surface area contributed by atoms with Gasteiger partial charge in [-0.1, -0.05) is 18.2 Å². The quantitative estimate of drug-likeness (QED) is 0.444. The van der Waals surface area contributed by atoms with E-state index in [0.717, 1.165) is 11.1 Å². The monoisotopic (exact) mass is 230 g/mol. The smallest absolute Gasteiger partial charge is 0.274 e. The van der Waals surface area contributed by atoms with Gasteiger partial charge in [0, 0.05) is 11.8 Å². The van der Waals surface area contributed by atoms with Crippen molar-refractivity contribution in [2.75, 3.05) is 0 Å². The number of aromatic nitrogens is 2. The number of nitrogens with one attached hydrogen (secondary N) is 1. The van der Waals surface area contributed by atoms with E-state index in [9.17, 15) is 4.79 Å². The van der Waals surface area contributed by atoms with Crippen LogP contribution in [0.2, 0.25) is 0 Å². The van der Waals surface area contributed by atoms with E-state index in [0.29, 0.717) is 0 Å². The Labute approximate surface area is 99.2 Å². The third-order valence-corrected chi connectivity index (χ3v) is 2.83. The van der Waals surface area contributed by atoms with Gasteiger partial charge in [-0.15, -0.1) is 0 Å². The zero-order valence-electron chi connectivity index (χ0n) is 9.77. The Hall–Kier alpha value is -2.14. The van der Waals surface area contributed by atoms with Gasteiger partial charge < -0.3 is 0 Å². The topological polar surface area (TPSA) is 72.9 Å². The molecule has 0 aliphatic rings. The molecule has 17 heavy (non-hydrogen) atoms. The van der Waals surface area contributed by atoms with Gasteiger partial charge in [-0.25, -0.2) is 10.6 Å². The molecule has 1 aromatic carbocycles. The summed E-state index contributed by atoms with van der Waals surface area (Å²) in [6.45, 7) is 4.10. The Bertz CT molecular complexity index is 559. The summed E-state index contributed by atoms with van der Waals surface area (Å²) in [5.41, 5.74) is 6.39. The van der Waals surface area contributed by atoms with E-state index < -0.39 is 6.03 Å². The van der Waals surface area contributed by atoms with Crippen molar-refractivity contribution in [3.8, 4) is 11.1 Å². The van der Waals surface area contributed by atoms with Crippen molar-refractivity contribution < 1.29 is 4.79 Å². The molecule has 0 atom stereocenters. The third-order valence-electron chi connectivity index (χ3n) is 2.83. The first-order chi connectivity index (χ1) is 8.13. The van der Waals surface area contributed by atoms with Crippen LogP contribution in [-0.4, -0.2) is 15.8 Å². The number of rotatable bonds is 1. The number of nitrogens with zero attached hydrogens (tertiary/aromatic N) is 2. The van der Waals surface area contributed by atoms with Crippen LogP contribution >= 0.6 is 0 Å². The number of carbonyl (C=O) groups is 1. The molecule has 5 nitrogen and oxygen atoms in total. The number of aryl methyl sites for hydroxylation is 1. The maximum absolute atomic E-state index is 11.3. The van der Waals surface area contributed by atoms with Crippen molar-refractivity contribution in [1.82, 2.24) is 15.2 Å². The molecule has 0 saturated heterocycles. The predicted molar refractivity (Wildman–Crippen MR) is 65.3 cm³/mol. The molecule has 0 fully saturated rings. The van der Waals surface area contributed by atoms with E-state index >= 15 is 0 Å². The zero-order valence-corrected chi connectivity index (χ0v) is 9.77. The molecule has 2 aromatic rings. The zero-order chi connectivity index (χ0) is 12.4. The second-order valence-corrected chi connectivity index (χ2v) is 3.87. The molecule has 0 radical (unpaired) electrons. The van der Waals surface area contributed by atoms with Gasteiger partial charge in [0.05, 0.1) is 6.20 Å². The fourth-order valence-electron chi connectivity index (χ4n) is 1.70. The molecule has 0 bridgehead atoms. The Morgan fingerprint density at radius 1 is 1.41 bits per heavy atom. The summed E-state index contributed by atoms with van der Waals surface area (Å²) >= 11 is 0. The number of nitrogen functional groups attached to an aromatic ring is 1. The molecule has 0 unspecified atom stereocenters. The maximum atomic E-state index is 11.3. The lowest BCUT2D eigenvalue weighted by atomic mass is 10.00. The van der Waals surface area contributed by atoms with E-state index in [4.69, 9.17) is 5.84 Å². The molecule has 0 aliphatic carbocycles. The highest BCUT2D eigenvalue weighted by atomic mass is 16.2. The molecule has 0 aliphatic heterocycles. The van der Waals surface area contributed by atoms with Crippen molar-refractivity contribution in [1.29, 1.82) is 0 Å². The number of nitrogens with two attached hydrogens (primary N) is 1. The lowest BCUT2D eigenvalue weighted by molar-refractivity contribution is 0.240. The Kier molecular flexibility index (Phi) is 2.93. The van der Waals surface area contributed by atoms with Crippen molar-refractivity contribution in [2.24, 2.45) is 5.84 Å². The first-order valence-electron chi connectivity index (χ1n) is 5.25. The lowest BCUT2D eigenvalue weighted by Gasteiger charge is -2.05. The molecule has 0 saturated carbocycles. The number of carbonyl (C=O) groups excluding carboxylic acids is 1. The number of hydrogen-bond acceptors (Lipinski definition) is 3. The van der Waals surface area contributed by atoms with Crippen LogP contribution < -0.4 is 11.3 Å². The largest absolute Gasteiger partial charge is 0.356 e. The van der Waals surface area contributed by atoms with Crippen LogP contribution in [0.5, 0.6) is 0 Å². The molecule has 1 aromatic heterocycles. The van der Waals surface area contributed by atoms with E-state index in [-0.39, 0.29) is 0 Å². The molecule has 88 valence electrons. The molecule has 1 heterocycles. The van der Waals surface area contributed by atoms with Gasteiger partial charge in [0.2, 0.25) is 0 Å². The highest BCUT2D eigenvalue weighted by Gasteiger charge is 2.09. The number of hydrogen-bond donors (Lipinski definition) is 2. The number of hydrazine groups is 1. The number of benzene rings is 1. The minimum atomic E-state index is -0.457. The minimum absolute atomic E-state index is 0.457. The van der Waals surface area contributed by atoms with Crippen molar-refractivity contribution in [3.05, 3.63) is 41.7 Å². The summed E-state index contributed by atoms with van der Waals surface area (Å²) in [5.74, 6) is 5.05. The third kappa shape index (κ3) is 2.05. The van der Waals surface area contributed by atoms with E-state index in [2.05, 4.69) is 18.1 Å². The van der Waals surface area contributed by atoms with Crippen LogP contribution in [0.25, 0.3) is 11.1 Å². The van der Waals surface area contributed by atoms with Gasteiger partial charge in [0.25, 0.3) is 0 Å². The van der Waals surface area contributed by atoms with Gasteiger partial charge in [-0.05, 0) is 30.5 Å². The molecule has 5 heteroatoms. The summed E-state index contributed by atoms with van der Waals surface area (Å²) in [6, 6.07) is 5.58. The van der Waals surface area contributed by atoms with Crippen molar-refractivity contribution in [2.45, 2.75) is 13.8 Å². The molecule has 0 spiro atoms. The first kappa shape index (κ1) is 11.3. The number of amides is 1. The molecule has 1 amide bonds. The van der Waals surface area contributed by atoms with Crippen molar-refractivity contribution in [3.63, 3.8) is 0 Å². The van der Waals surface area contributed by atoms with Gasteiger partial charge >= 0.3 is 6.03 Å². The minimum Gasteiger partial charge on any atom is -0.274 e. The van der Waals surface area contributed by atoms with E-state index in [1.54, 1.807) is 12.4 Å². The summed E-state index contributed by atoms with van der Waals surface area (Å²) < 4.78 is 1.18. The van der Waals surface area contributed by atoms with Crippen LogP contribution in [0.3, 0.4) is 0 Å².